The number of halogens is 1. The molecule has 0 fully saturated rings. The lowest BCUT2D eigenvalue weighted by Crippen LogP contribution is -2.22. The van der Waals surface area contributed by atoms with Crippen LogP contribution in [-0.2, 0) is 6.54 Å². The molecule has 0 aliphatic carbocycles. The Kier molecular flexibility index (Phi) is 4.83. The van der Waals surface area contributed by atoms with E-state index < -0.39 is 0 Å². The zero-order chi connectivity index (χ0) is 19.7. The van der Waals surface area contributed by atoms with E-state index in [0.717, 1.165) is 26.8 Å². The van der Waals surface area contributed by atoms with Crippen molar-refractivity contribution in [1.82, 2.24) is 14.7 Å². The Morgan fingerprint density at radius 1 is 1.25 bits per heavy atom. The summed E-state index contributed by atoms with van der Waals surface area (Å²) in [6.07, 6.45) is 1.93. The molecule has 0 radical (unpaired) electrons. The summed E-state index contributed by atoms with van der Waals surface area (Å²) in [5.74, 6) is 0.220. The van der Waals surface area contributed by atoms with Crippen LogP contribution in [0.4, 0.5) is 4.39 Å². The highest BCUT2D eigenvalue weighted by atomic mass is 32.1. The van der Waals surface area contributed by atoms with Gasteiger partial charge in [0.25, 0.3) is 5.91 Å². The summed E-state index contributed by atoms with van der Waals surface area (Å²) >= 11 is 1.53. The van der Waals surface area contributed by atoms with Gasteiger partial charge < -0.3 is 10.1 Å². The molecule has 142 valence electrons. The summed E-state index contributed by atoms with van der Waals surface area (Å²) in [4.78, 5) is 18.9. The average Bonchev–Trinajstić information content (AvgIpc) is 3.26. The number of nitrogens with one attached hydrogen (secondary N) is 1. The highest BCUT2D eigenvalue weighted by molar-refractivity contribution is 7.17. The molecule has 28 heavy (non-hydrogen) atoms. The Morgan fingerprint density at radius 2 is 2.04 bits per heavy atom. The van der Waals surface area contributed by atoms with Crippen LogP contribution in [0.2, 0.25) is 0 Å². The second-order valence-corrected chi connectivity index (χ2v) is 7.37. The lowest BCUT2D eigenvalue weighted by Gasteiger charge is -2.06. The highest BCUT2D eigenvalue weighted by Gasteiger charge is 2.14. The van der Waals surface area contributed by atoms with Crippen molar-refractivity contribution in [2.75, 3.05) is 7.11 Å². The van der Waals surface area contributed by atoms with Gasteiger partial charge in [0.2, 0.25) is 0 Å². The topological polar surface area (TPSA) is 55.6 Å². The number of methoxy groups -OCH3 is 1. The summed E-state index contributed by atoms with van der Waals surface area (Å²) in [6, 6.07) is 13.3. The van der Waals surface area contributed by atoms with Gasteiger partial charge >= 0.3 is 0 Å². The molecular weight excluding hydrogens is 377 g/mol. The molecule has 2 aromatic carbocycles. The van der Waals surface area contributed by atoms with Gasteiger partial charge in [0.15, 0.2) is 4.96 Å². The number of thiazole rings is 1. The number of amides is 1. The first-order valence-electron chi connectivity index (χ1n) is 8.70. The molecule has 1 N–H and O–H groups in total. The average molecular weight is 395 g/mol. The number of imidazole rings is 1. The van der Waals surface area contributed by atoms with Crippen LogP contribution >= 0.6 is 11.3 Å². The summed E-state index contributed by atoms with van der Waals surface area (Å²) in [7, 11) is 1.57. The Bertz CT molecular complexity index is 1150. The van der Waals surface area contributed by atoms with E-state index >= 15 is 0 Å². The summed E-state index contributed by atoms with van der Waals surface area (Å²) in [6.45, 7) is 2.41. The van der Waals surface area contributed by atoms with Crippen LogP contribution in [0.5, 0.6) is 5.75 Å². The van der Waals surface area contributed by atoms with Gasteiger partial charge in [-0.25, -0.2) is 9.37 Å². The maximum absolute atomic E-state index is 13.1. The number of benzene rings is 2. The van der Waals surface area contributed by atoms with Crippen molar-refractivity contribution >= 4 is 22.2 Å². The molecule has 0 atom stereocenters. The van der Waals surface area contributed by atoms with Crippen LogP contribution in [0.1, 0.15) is 20.9 Å². The van der Waals surface area contributed by atoms with Gasteiger partial charge in [-0.1, -0.05) is 17.4 Å². The molecule has 2 aromatic heterocycles. The molecule has 0 unspecified atom stereocenters. The third-order valence-corrected chi connectivity index (χ3v) is 5.69. The van der Waals surface area contributed by atoms with E-state index in [1.807, 2.05) is 17.5 Å². The third-order valence-electron chi connectivity index (χ3n) is 4.53. The molecule has 0 bridgehead atoms. The SMILES string of the molecule is COc1cccc(C(=O)NCc2sc3nc(-c4ccc(F)cc4)cn3c2C)c1. The van der Waals surface area contributed by atoms with Crippen molar-refractivity contribution in [3.8, 4) is 17.0 Å². The second kappa shape index (κ2) is 7.44. The standard InChI is InChI=1S/C21H18FN3O2S/c1-13-19(11-23-20(26)15-4-3-5-17(10-15)27-2)28-21-24-18(12-25(13)21)14-6-8-16(22)9-7-14/h3-10,12H,11H2,1-2H3,(H,23,26). The molecular formula is C21H18FN3O2S. The van der Waals surface area contributed by atoms with E-state index in [4.69, 9.17) is 4.74 Å². The first-order valence-corrected chi connectivity index (χ1v) is 9.52. The predicted molar refractivity (Wildman–Crippen MR) is 107 cm³/mol. The molecule has 2 heterocycles. The number of hydrogen-bond acceptors (Lipinski definition) is 4. The van der Waals surface area contributed by atoms with Crippen molar-refractivity contribution < 1.29 is 13.9 Å². The first kappa shape index (κ1) is 18.2. The van der Waals surface area contributed by atoms with Crippen molar-refractivity contribution in [3.05, 3.63) is 76.7 Å². The van der Waals surface area contributed by atoms with E-state index in [1.54, 1.807) is 43.5 Å². The summed E-state index contributed by atoms with van der Waals surface area (Å²) in [5.41, 5.74) is 3.23. The van der Waals surface area contributed by atoms with Crippen LogP contribution in [0.15, 0.2) is 54.7 Å². The number of carbonyl (C=O) groups excluding carboxylic acids is 1. The number of carbonyl (C=O) groups is 1. The zero-order valence-electron chi connectivity index (χ0n) is 15.4. The molecule has 5 nitrogen and oxygen atoms in total. The molecule has 0 saturated heterocycles. The number of aromatic nitrogens is 2. The van der Waals surface area contributed by atoms with Crippen LogP contribution in [0.25, 0.3) is 16.2 Å². The van der Waals surface area contributed by atoms with Gasteiger partial charge in [-0.15, -0.1) is 0 Å². The number of aryl methyl sites for hydroxylation is 1. The molecule has 1 amide bonds. The van der Waals surface area contributed by atoms with Crippen LogP contribution in [0.3, 0.4) is 0 Å². The second-order valence-electron chi connectivity index (χ2n) is 6.31. The van der Waals surface area contributed by atoms with Crippen LogP contribution < -0.4 is 10.1 Å². The van der Waals surface area contributed by atoms with E-state index in [1.165, 1.54) is 23.5 Å². The third kappa shape index (κ3) is 3.48. The molecule has 0 aliphatic heterocycles. The minimum atomic E-state index is -0.269. The highest BCUT2D eigenvalue weighted by Crippen LogP contribution is 2.27. The van der Waals surface area contributed by atoms with E-state index in [9.17, 15) is 9.18 Å². The number of hydrogen-bond donors (Lipinski definition) is 1. The van der Waals surface area contributed by atoms with E-state index in [-0.39, 0.29) is 11.7 Å². The molecule has 0 aliphatic rings. The number of nitrogens with zero attached hydrogens (tertiary/aromatic N) is 2. The normalized spacial score (nSPS) is 11.0. The van der Waals surface area contributed by atoms with E-state index in [0.29, 0.717) is 17.9 Å². The summed E-state index contributed by atoms with van der Waals surface area (Å²) in [5, 5.41) is 2.94. The Hall–Kier alpha value is -3.19. The van der Waals surface area contributed by atoms with Gasteiger partial charge in [-0.2, -0.15) is 0 Å². The van der Waals surface area contributed by atoms with Gasteiger partial charge in [0.05, 0.1) is 19.3 Å². The molecule has 0 saturated carbocycles. The lowest BCUT2D eigenvalue weighted by atomic mass is 10.2. The number of rotatable bonds is 5. The van der Waals surface area contributed by atoms with Crippen molar-refractivity contribution in [2.24, 2.45) is 0 Å². The molecule has 7 heteroatoms. The van der Waals surface area contributed by atoms with Crippen molar-refractivity contribution in [1.29, 1.82) is 0 Å². The predicted octanol–water partition coefficient (Wildman–Crippen LogP) is 4.45. The maximum atomic E-state index is 13.1. The molecule has 0 spiro atoms. The van der Waals surface area contributed by atoms with Crippen LogP contribution in [0, 0.1) is 12.7 Å². The monoisotopic (exact) mass is 395 g/mol. The smallest absolute Gasteiger partial charge is 0.251 e. The van der Waals surface area contributed by atoms with Gasteiger partial charge in [0, 0.05) is 27.9 Å². The Morgan fingerprint density at radius 3 is 2.75 bits per heavy atom. The minimum Gasteiger partial charge on any atom is -0.497 e. The van der Waals surface area contributed by atoms with Crippen molar-refractivity contribution in [3.63, 3.8) is 0 Å². The first-order chi connectivity index (χ1) is 13.5. The fourth-order valence-electron chi connectivity index (χ4n) is 2.94. The quantitative estimate of drug-likeness (QED) is 0.543. The largest absolute Gasteiger partial charge is 0.497 e. The van der Waals surface area contributed by atoms with Gasteiger partial charge in [0.1, 0.15) is 11.6 Å². The fraction of sp³-hybridized carbons (Fsp3) is 0.143. The minimum absolute atomic E-state index is 0.156. The van der Waals surface area contributed by atoms with Crippen molar-refractivity contribution in [2.45, 2.75) is 13.5 Å². The Labute approximate surface area is 165 Å². The van der Waals surface area contributed by atoms with Gasteiger partial charge in [-0.05, 0) is 49.4 Å². The van der Waals surface area contributed by atoms with E-state index in [2.05, 4.69) is 10.3 Å². The number of fused-ring (bicyclic) bond motifs is 1. The lowest BCUT2D eigenvalue weighted by molar-refractivity contribution is 0.0951. The summed E-state index contributed by atoms with van der Waals surface area (Å²) < 4.78 is 20.3. The zero-order valence-corrected chi connectivity index (χ0v) is 16.2. The van der Waals surface area contributed by atoms with Crippen LogP contribution in [-0.4, -0.2) is 22.4 Å². The van der Waals surface area contributed by atoms with Gasteiger partial charge in [-0.3, -0.25) is 9.20 Å². The molecule has 4 aromatic rings. The maximum Gasteiger partial charge on any atom is 0.251 e. The number of ether oxygens (including phenoxy) is 1. The molecule has 4 rings (SSSR count). The Balaban J connectivity index is 1.51. The fourth-order valence-corrected chi connectivity index (χ4v) is 3.99.